The Morgan fingerprint density at radius 2 is 1.83 bits per heavy atom. The van der Waals surface area contributed by atoms with E-state index in [9.17, 15) is 9.59 Å². The van der Waals surface area contributed by atoms with Gasteiger partial charge in [0.1, 0.15) is 5.54 Å². The molecule has 0 bridgehead atoms. The van der Waals surface area contributed by atoms with E-state index in [1.165, 1.54) is 0 Å². The summed E-state index contributed by atoms with van der Waals surface area (Å²) in [5.74, 6) is 0.160. The van der Waals surface area contributed by atoms with E-state index < -0.39 is 5.54 Å². The number of hydrogen-bond donors (Lipinski definition) is 2. The van der Waals surface area contributed by atoms with E-state index in [-0.39, 0.29) is 30.0 Å². The summed E-state index contributed by atoms with van der Waals surface area (Å²) in [7, 11) is 0. The second-order valence-electron chi connectivity index (χ2n) is 8.07. The number of aromatic nitrogens is 4. The molecular weight excluding hydrogens is 404 g/mol. The van der Waals surface area contributed by atoms with Crippen LogP contribution in [0.4, 0.5) is 0 Å². The van der Waals surface area contributed by atoms with Gasteiger partial charge in [-0.15, -0.1) is 12.4 Å². The Morgan fingerprint density at radius 1 is 1.10 bits per heavy atom. The van der Waals surface area contributed by atoms with Crippen molar-refractivity contribution in [3.63, 3.8) is 0 Å². The first kappa shape index (κ1) is 20.7. The number of carbonyl (C=O) groups is 1. The van der Waals surface area contributed by atoms with Crippen LogP contribution in [-0.2, 0) is 10.3 Å². The second kappa shape index (κ2) is 8.28. The van der Waals surface area contributed by atoms with Crippen LogP contribution in [-0.4, -0.2) is 56.3 Å². The maximum absolute atomic E-state index is 13.6. The van der Waals surface area contributed by atoms with Gasteiger partial charge in [-0.2, -0.15) is 5.10 Å². The highest BCUT2D eigenvalue weighted by Crippen LogP contribution is 2.32. The Kier molecular flexibility index (Phi) is 5.71. The Hall–Kier alpha value is -2.58. The molecule has 5 rings (SSSR count). The summed E-state index contributed by atoms with van der Waals surface area (Å²) < 4.78 is 3.72. The molecule has 30 heavy (non-hydrogen) atoms. The highest BCUT2D eigenvalue weighted by Gasteiger charge is 2.45. The molecular formula is C21H27ClN6O2. The van der Waals surface area contributed by atoms with Crippen LogP contribution in [0.5, 0.6) is 0 Å². The number of fused-ring (bicyclic) bond motifs is 1. The van der Waals surface area contributed by atoms with Crippen LogP contribution in [0, 0.1) is 0 Å². The maximum atomic E-state index is 13.6. The van der Waals surface area contributed by atoms with Crippen LogP contribution in [0.15, 0.2) is 47.5 Å². The van der Waals surface area contributed by atoms with Crippen LogP contribution in [0.25, 0.3) is 11.0 Å². The van der Waals surface area contributed by atoms with Gasteiger partial charge in [-0.1, -0.05) is 12.1 Å². The third kappa shape index (κ3) is 3.33. The van der Waals surface area contributed by atoms with E-state index in [1.807, 2.05) is 50.7 Å². The number of carbonyl (C=O) groups excluding carboxylic acids is 1. The minimum atomic E-state index is -0.598. The fourth-order valence-electron chi connectivity index (χ4n) is 4.96. The number of piperidine rings is 2. The Morgan fingerprint density at radius 3 is 2.53 bits per heavy atom. The quantitative estimate of drug-likeness (QED) is 0.664. The lowest BCUT2D eigenvalue weighted by Gasteiger charge is -2.42. The fraction of sp³-hybridized carbons (Fsp3) is 0.476. The molecule has 2 aromatic heterocycles. The standard InChI is InChI=1S/C21H26N6O2.ClH/c28-19(21(8-11-22-12-9-21)26-13-3-10-23-26)25-14-6-16(7-15-25)27-18-5-2-1-4-17(18)24-20(27)29;/h1-5,10,13,16,22H,6-9,11-12,14-15H2,(H,24,29);1H. The van der Waals surface area contributed by atoms with Crippen LogP contribution in [0.2, 0.25) is 0 Å². The number of H-pyrrole nitrogens is 1. The molecule has 0 aliphatic carbocycles. The van der Waals surface area contributed by atoms with Gasteiger partial charge in [0, 0.05) is 31.5 Å². The number of aromatic amines is 1. The number of hydrogen-bond acceptors (Lipinski definition) is 4. The number of halogens is 1. The second-order valence-corrected chi connectivity index (χ2v) is 8.07. The molecule has 2 aliphatic heterocycles. The first-order valence-corrected chi connectivity index (χ1v) is 10.4. The molecule has 0 unspecified atom stereocenters. The molecule has 160 valence electrons. The Labute approximate surface area is 180 Å². The molecule has 1 amide bonds. The monoisotopic (exact) mass is 430 g/mol. The predicted molar refractivity (Wildman–Crippen MR) is 117 cm³/mol. The van der Waals surface area contributed by atoms with E-state index in [0.29, 0.717) is 13.1 Å². The number of benzene rings is 1. The first-order chi connectivity index (χ1) is 14.2. The zero-order valence-corrected chi connectivity index (χ0v) is 17.6. The SMILES string of the molecule is Cl.O=C(N1CCC(n2c(=O)[nH]c3ccccc32)CC1)C1(n2cccn2)CCNCC1. The van der Waals surface area contributed by atoms with Gasteiger partial charge >= 0.3 is 5.69 Å². The number of likely N-dealkylation sites (tertiary alicyclic amines) is 1. The molecule has 0 saturated carbocycles. The number of nitrogens with zero attached hydrogens (tertiary/aromatic N) is 4. The van der Waals surface area contributed by atoms with E-state index in [4.69, 9.17) is 0 Å². The van der Waals surface area contributed by atoms with Crippen LogP contribution >= 0.6 is 12.4 Å². The molecule has 9 heteroatoms. The lowest BCUT2D eigenvalue weighted by molar-refractivity contribution is -0.144. The lowest BCUT2D eigenvalue weighted by atomic mass is 9.86. The molecule has 0 radical (unpaired) electrons. The third-order valence-electron chi connectivity index (χ3n) is 6.51. The fourth-order valence-corrected chi connectivity index (χ4v) is 4.96. The van der Waals surface area contributed by atoms with Crippen molar-refractivity contribution in [1.29, 1.82) is 0 Å². The van der Waals surface area contributed by atoms with Crippen molar-refractivity contribution in [3.8, 4) is 0 Å². The highest BCUT2D eigenvalue weighted by atomic mass is 35.5. The first-order valence-electron chi connectivity index (χ1n) is 10.4. The van der Waals surface area contributed by atoms with Crippen molar-refractivity contribution < 1.29 is 4.79 Å². The van der Waals surface area contributed by atoms with Crippen molar-refractivity contribution in [2.75, 3.05) is 26.2 Å². The average Bonchev–Trinajstić information content (AvgIpc) is 3.41. The van der Waals surface area contributed by atoms with Gasteiger partial charge in [0.05, 0.1) is 11.0 Å². The maximum Gasteiger partial charge on any atom is 0.326 e. The molecule has 8 nitrogen and oxygen atoms in total. The van der Waals surface area contributed by atoms with Crippen LogP contribution in [0.3, 0.4) is 0 Å². The van der Waals surface area contributed by atoms with Crippen LogP contribution in [0.1, 0.15) is 31.7 Å². The van der Waals surface area contributed by atoms with Gasteiger partial charge in [-0.25, -0.2) is 4.79 Å². The lowest BCUT2D eigenvalue weighted by Crippen LogP contribution is -2.57. The number of rotatable bonds is 3. The number of para-hydroxylation sites is 2. The smallest absolute Gasteiger partial charge is 0.326 e. The van der Waals surface area contributed by atoms with Gasteiger partial charge in [0.25, 0.3) is 5.91 Å². The summed E-state index contributed by atoms with van der Waals surface area (Å²) >= 11 is 0. The van der Waals surface area contributed by atoms with E-state index >= 15 is 0 Å². The number of amides is 1. The zero-order valence-electron chi connectivity index (χ0n) is 16.8. The molecule has 1 aromatic carbocycles. The van der Waals surface area contributed by atoms with Crippen molar-refractivity contribution in [3.05, 3.63) is 53.2 Å². The van der Waals surface area contributed by atoms with Crippen LogP contribution < -0.4 is 11.0 Å². The summed E-state index contributed by atoms with van der Waals surface area (Å²) in [4.78, 5) is 31.0. The predicted octanol–water partition coefficient (Wildman–Crippen LogP) is 1.89. The van der Waals surface area contributed by atoms with Gasteiger partial charge in [-0.3, -0.25) is 14.0 Å². The third-order valence-corrected chi connectivity index (χ3v) is 6.51. The molecule has 2 N–H and O–H groups in total. The Bertz CT molecular complexity index is 1060. The molecule has 0 spiro atoms. The minimum Gasteiger partial charge on any atom is -0.340 e. The van der Waals surface area contributed by atoms with E-state index in [2.05, 4.69) is 15.4 Å². The molecule has 4 heterocycles. The van der Waals surface area contributed by atoms with Gasteiger partial charge in [0.2, 0.25) is 0 Å². The average molecular weight is 431 g/mol. The molecule has 2 fully saturated rings. The minimum absolute atomic E-state index is 0. The zero-order chi connectivity index (χ0) is 19.8. The van der Waals surface area contributed by atoms with E-state index in [0.717, 1.165) is 49.8 Å². The van der Waals surface area contributed by atoms with Gasteiger partial charge < -0.3 is 15.2 Å². The summed E-state index contributed by atoms with van der Waals surface area (Å²) in [6, 6.07) is 9.78. The van der Waals surface area contributed by atoms with Gasteiger partial charge in [-0.05, 0) is 57.0 Å². The summed E-state index contributed by atoms with van der Waals surface area (Å²) in [5.41, 5.74) is 1.14. The molecule has 3 aromatic rings. The normalized spacial score (nSPS) is 19.5. The van der Waals surface area contributed by atoms with Crippen molar-refractivity contribution in [2.45, 2.75) is 37.3 Å². The number of imidazole rings is 1. The van der Waals surface area contributed by atoms with Crippen molar-refractivity contribution in [2.24, 2.45) is 0 Å². The summed E-state index contributed by atoms with van der Waals surface area (Å²) in [5, 5.41) is 7.78. The highest BCUT2D eigenvalue weighted by molar-refractivity contribution is 5.85. The summed E-state index contributed by atoms with van der Waals surface area (Å²) in [6.07, 6.45) is 6.70. The van der Waals surface area contributed by atoms with Crippen molar-refractivity contribution in [1.82, 2.24) is 29.5 Å². The summed E-state index contributed by atoms with van der Waals surface area (Å²) in [6.45, 7) is 2.94. The molecule has 2 aliphatic rings. The Balaban J connectivity index is 0.00000218. The largest absolute Gasteiger partial charge is 0.340 e. The molecule has 2 saturated heterocycles. The molecule has 0 atom stereocenters. The topological polar surface area (TPSA) is 88.0 Å². The van der Waals surface area contributed by atoms with Crippen molar-refractivity contribution >= 4 is 29.3 Å². The van der Waals surface area contributed by atoms with E-state index in [1.54, 1.807) is 6.20 Å². The van der Waals surface area contributed by atoms with Gasteiger partial charge in [0.15, 0.2) is 0 Å². The number of nitrogens with one attached hydrogen (secondary N) is 2.